The molecule has 1 aromatic heterocycles. The molecule has 0 spiro atoms. The number of aromatic nitrogens is 1. The van der Waals surface area contributed by atoms with Gasteiger partial charge in [-0.2, -0.15) is 0 Å². The van der Waals surface area contributed by atoms with Crippen LogP contribution in [0, 0.1) is 6.92 Å². The summed E-state index contributed by atoms with van der Waals surface area (Å²) in [6.45, 7) is 2.66. The van der Waals surface area contributed by atoms with Crippen LogP contribution in [0.3, 0.4) is 0 Å². The van der Waals surface area contributed by atoms with Gasteiger partial charge in [0.05, 0.1) is 12.8 Å². The van der Waals surface area contributed by atoms with E-state index in [1.165, 1.54) is 17.5 Å². The number of benzene rings is 1. The van der Waals surface area contributed by atoms with Crippen LogP contribution in [0.5, 0.6) is 5.75 Å². The van der Waals surface area contributed by atoms with Crippen molar-refractivity contribution < 1.29 is 9.26 Å². The zero-order valence-electron chi connectivity index (χ0n) is 12.0. The Labute approximate surface area is 119 Å². The summed E-state index contributed by atoms with van der Waals surface area (Å²) in [4.78, 5) is 0. The number of nitrogens with zero attached hydrogens (tertiary/aromatic N) is 1. The van der Waals surface area contributed by atoms with Gasteiger partial charge < -0.3 is 14.6 Å². The lowest BCUT2D eigenvalue weighted by Gasteiger charge is -2.26. The van der Waals surface area contributed by atoms with Crippen LogP contribution in [0.2, 0.25) is 0 Å². The molecule has 20 heavy (non-hydrogen) atoms. The van der Waals surface area contributed by atoms with E-state index >= 15 is 0 Å². The normalized spacial score (nSPS) is 17.8. The molecule has 0 saturated carbocycles. The Morgan fingerprint density at radius 2 is 2.30 bits per heavy atom. The monoisotopic (exact) mass is 272 g/mol. The van der Waals surface area contributed by atoms with Gasteiger partial charge >= 0.3 is 0 Å². The first kappa shape index (κ1) is 13.2. The molecule has 1 aliphatic rings. The third-order valence-electron chi connectivity index (χ3n) is 3.87. The first-order chi connectivity index (χ1) is 9.76. The SMILES string of the molecule is COc1ccc2c(c1)CCCC2NCc1cc(C)on1. The average Bonchev–Trinajstić information content (AvgIpc) is 2.90. The highest BCUT2D eigenvalue weighted by Crippen LogP contribution is 2.32. The molecule has 1 heterocycles. The van der Waals surface area contributed by atoms with Gasteiger partial charge in [-0.05, 0) is 49.4 Å². The summed E-state index contributed by atoms with van der Waals surface area (Å²) >= 11 is 0. The van der Waals surface area contributed by atoms with E-state index in [-0.39, 0.29) is 0 Å². The summed E-state index contributed by atoms with van der Waals surface area (Å²) in [7, 11) is 1.72. The Kier molecular flexibility index (Phi) is 3.74. The standard InChI is InChI=1S/C16H20N2O2/c1-11-8-13(18-20-11)10-17-16-5-3-4-12-9-14(19-2)6-7-15(12)16/h6-9,16-17H,3-5,10H2,1-2H3. The highest BCUT2D eigenvalue weighted by molar-refractivity contribution is 5.39. The van der Waals surface area contributed by atoms with Gasteiger partial charge in [-0.3, -0.25) is 0 Å². The fourth-order valence-electron chi connectivity index (χ4n) is 2.86. The van der Waals surface area contributed by atoms with Gasteiger partial charge in [0.25, 0.3) is 0 Å². The summed E-state index contributed by atoms with van der Waals surface area (Å²) in [5, 5.41) is 7.61. The zero-order chi connectivity index (χ0) is 13.9. The minimum absolute atomic E-state index is 0.390. The molecule has 1 aliphatic carbocycles. The Morgan fingerprint density at radius 1 is 1.40 bits per heavy atom. The van der Waals surface area contributed by atoms with Gasteiger partial charge in [-0.25, -0.2) is 0 Å². The van der Waals surface area contributed by atoms with Crippen molar-refractivity contribution in [3.05, 3.63) is 46.8 Å². The van der Waals surface area contributed by atoms with E-state index in [9.17, 15) is 0 Å². The first-order valence-electron chi connectivity index (χ1n) is 7.08. The summed E-state index contributed by atoms with van der Waals surface area (Å²) in [6.07, 6.45) is 3.50. The second kappa shape index (κ2) is 5.67. The van der Waals surface area contributed by atoms with Gasteiger partial charge in [0.2, 0.25) is 0 Å². The predicted octanol–water partition coefficient (Wildman–Crippen LogP) is 3.16. The number of hydrogen-bond acceptors (Lipinski definition) is 4. The van der Waals surface area contributed by atoms with Crippen LogP contribution in [0.4, 0.5) is 0 Å². The fourth-order valence-corrected chi connectivity index (χ4v) is 2.86. The molecule has 1 N–H and O–H groups in total. The van der Waals surface area contributed by atoms with Crippen LogP contribution in [0.15, 0.2) is 28.8 Å². The van der Waals surface area contributed by atoms with Crippen LogP contribution >= 0.6 is 0 Å². The summed E-state index contributed by atoms with van der Waals surface area (Å²) in [5.41, 5.74) is 3.74. The number of ether oxygens (including phenoxy) is 1. The van der Waals surface area contributed by atoms with Crippen LogP contribution in [0.1, 0.15) is 41.5 Å². The smallest absolute Gasteiger partial charge is 0.133 e. The van der Waals surface area contributed by atoms with E-state index in [0.29, 0.717) is 6.04 Å². The van der Waals surface area contributed by atoms with E-state index in [1.807, 2.05) is 19.1 Å². The van der Waals surface area contributed by atoms with E-state index in [1.54, 1.807) is 7.11 Å². The summed E-state index contributed by atoms with van der Waals surface area (Å²) in [5.74, 6) is 1.80. The van der Waals surface area contributed by atoms with Crippen LogP contribution in [-0.2, 0) is 13.0 Å². The molecular weight excluding hydrogens is 252 g/mol. The number of fused-ring (bicyclic) bond motifs is 1. The molecule has 0 fully saturated rings. The Morgan fingerprint density at radius 3 is 3.05 bits per heavy atom. The van der Waals surface area contributed by atoms with Crippen molar-refractivity contribution in [2.24, 2.45) is 0 Å². The van der Waals surface area contributed by atoms with Gasteiger partial charge in [-0.15, -0.1) is 0 Å². The third-order valence-corrected chi connectivity index (χ3v) is 3.87. The number of nitrogens with one attached hydrogen (secondary N) is 1. The van der Waals surface area contributed by atoms with Crippen molar-refractivity contribution in [2.45, 2.75) is 38.8 Å². The number of hydrogen-bond donors (Lipinski definition) is 1. The van der Waals surface area contributed by atoms with Gasteiger partial charge in [0.1, 0.15) is 11.5 Å². The van der Waals surface area contributed by atoms with Crippen LogP contribution < -0.4 is 10.1 Å². The lowest BCUT2D eigenvalue weighted by Crippen LogP contribution is -2.25. The lowest BCUT2D eigenvalue weighted by atomic mass is 9.87. The third kappa shape index (κ3) is 2.70. The van der Waals surface area contributed by atoms with E-state index < -0.39 is 0 Å². The molecule has 4 nitrogen and oxygen atoms in total. The Bertz CT molecular complexity index is 592. The first-order valence-corrected chi connectivity index (χ1v) is 7.08. The molecule has 0 saturated heterocycles. The molecule has 1 aromatic carbocycles. The summed E-state index contributed by atoms with van der Waals surface area (Å²) in [6, 6.07) is 8.74. The van der Waals surface area contributed by atoms with Crippen molar-refractivity contribution in [3.8, 4) is 5.75 Å². The van der Waals surface area contributed by atoms with Crippen LogP contribution in [0.25, 0.3) is 0 Å². The number of rotatable bonds is 4. The molecule has 3 rings (SSSR count). The van der Waals surface area contributed by atoms with E-state index in [2.05, 4.69) is 22.6 Å². The average molecular weight is 272 g/mol. The molecule has 0 bridgehead atoms. The highest BCUT2D eigenvalue weighted by atomic mass is 16.5. The number of aryl methyl sites for hydroxylation is 2. The molecular formula is C16H20N2O2. The van der Waals surface area contributed by atoms with E-state index in [0.717, 1.165) is 36.6 Å². The minimum Gasteiger partial charge on any atom is -0.497 e. The molecule has 0 amide bonds. The fraction of sp³-hybridized carbons (Fsp3) is 0.438. The van der Waals surface area contributed by atoms with Crippen molar-refractivity contribution >= 4 is 0 Å². The highest BCUT2D eigenvalue weighted by Gasteiger charge is 2.20. The zero-order valence-corrected chi connectivity index (χ0v) is 12.0. The predicted molar refractivity (Wildman–Crippen MR) is 76.8 cm³/mol. The Balaban J connectivity index is 1.73. The van der Waals surface area contributed by atoms with Crippen molar-refractivity contribution in [1.29, 1.82) is 0 Å². The molecule has 2 aromatic rings. The maximum absolute atomic E-state index is 5.30. The minimum atomic E-state index is 0.390. The van der Waals surface area contributed by atoms with E-state index in [4.69, 9.17) is 9.26 Å². The maximum Gasteiger partial charge on any atom is 0.133 e. The summed E-state index contributed by atoms with van der Waals surface area (Å²) < 4.78 is 10.4. The second-order valence-corrected chi connectivity index (χ2v) is 5.32. The maximum atomic E-state index is 5.30. The van der Waals surface area contributed by atoms with Crippen molar-refractivity contribution in [3.63, 3.8) is 0 Å². The topological polar surface area (TPSA) is 47.3 Å². The molecule has 106 valence electrons. The molecule has 1 atom stereocenters. The van der Waals surface area contributed by atoms with Crippen molar-refractivity contribution in [1.82, 2.24) is 10.5 Å². The molecule has 1 unspecified atom stereocenters. The second-order valence-electron chi connectivity index (χ2n) is 5.32. The molecule has 0 radical (unpaired) electrons. The molecule has 0 aliphatic heterocycles. The largest absolute Gasteiger partial charge is 0.497 e. The van der Waals surface area contributed by atoms with Crippen LogP contribution in [-0.4, -0.2) is 12.3 Å². The quantitative estimate of drug-likeness (QED) is 0.928. The molecule has 4 heteroatoms. The van der Waals surface area contributed by atoms with Gasteiger partial charge in [0.15, 0.2) is 0 Å². The Hall–Kier alpha value is -1.81. The van der Waals surface area contributed by atoms with Gasteiger partial charge in [-0.1, -0.05) is 11.2 Å². The lowest BCUT2D eigenvalue weighted by molar-refractivity contribution is 0.381. The number of methoxy groups -OCH3 is 1. The van der Waals surface area contributed by atoms with Gasteiger partial charge in [0, 0.05) is 18.7 Å². The van der Waals surface area contributed by atoms with Crippen molar-refractivity contribution in [2.75, 3.05) is 7.11 Å².